The molecule has 1 aromatic carbocycles. The molecule has 4 heteroatoms. The van der Waals surface area contributed by atoms with Crippen LogP contribution in [0, 0.1) is 0 Å². The normalized spacial score (nSPS) is 20.1. The minimum Gasteiger partial charge on any atom is -0.327 e. The van der Waals surface area contributed by atoms with Crippen molar-refractivity contribution >= 4 is 11.6 Å². The van der Waals surface area contributed by atoms with Crippen molar-refractivity contribution in [2.45, 2.75) is 38.8 Å². The number of amides is 1. The standard InChI is InChI=1S/C16H25N3O/c1-13(2)19(15-8-4-3-5-9-15)16(20)12-18-10-6-7-14(17)11-18/h3-5,8-9,13-14H,6-7,10-12,17H2,1-2H3. The molecule has 4 nitrogen and oxygen atoms in total. The van der Waals surface area contributed by atoms with Crippen LogP contribution in [0.15, 0.2) is 30.3 Å². The number of rotatable bonds is 4. The molecule has 1 fully saturated rings. The van der Waals surface area contributed by atoms with Gasteiger partial charge in [0, 0.05) is 24.3 Å². The fourth-order valence-corrected chi connectivity index (χ4v) is 2.82. The summed E-state index contributed by atoms with van der Waals surface area (Å²) in [6.45, 7) is 6.35. The number of carbonyl (C=O) groups excluding carboxylic acids is 1. The fraction of sp³-hybridized carbons (Fsp3) is 0.562. The summed E-state index contributed by atoms with van der Waals surface area (Å²) in [5.41, 5.74) is 6.95. The third-order valence-electron chi connectivity index (χ3n) is 3.72. The molecule has 110 valence electrons. The molecule has 1 heterocycles. The van der Waals surface area contributed by atoms with Crippen molar-refractivity contribution in [1.82, 2.24) is 4.90 Å². The van der Waals surface area contributed by atoms with Gasteiger partial charge in [0.1, 0.15) is 0 Å². The topological polar surface area (TPSA) is 49.6 Å². The molecule has 0 bridgehead atoms. The number of likely N-dealkylation sites (tertiary alicyclic amines) is 1. The first-order valence-electron chi connectivity index (χ1n) is 7.43. The van der Waals surface area contributed by atoms with Crippen LogP contribution in [0.1, 0.15) is 26.7 Å². The Morgan fingerprint density at radius 3 is 2.70 bits per heavy atom. The molecular weight excluding hydrogens is 250 g/mol. The van der Waals surface area contributed by atoms with Crippen LogP contribution >= 0.6 is 0 Å². The predicted molar refractivity (Wildman–Crippen MR) is 82.7 cm³/mol. The summed E-state index contributed by atoms with van der Waals surface area (Å²) in [5, 5.41) is 0. The van der Waals surface area contributed by atoms with E-state index in [9.17, 15) is 4.79 Å². The van der Waals surface area contributed by atoms with Crippen molar-refractivity contribution in [3.63, 3.8) is 0 Å². The summed E-state index contributed by atoms with van der Waals surface area (Å²) in [7, 11) is 0. The van der Waals surface area contributed by atoms with E-state index < -0.39 is 0 Å². The third-order valence-corrected chi connectivity index (χ3v) is 3.72. The van der Waals surface area contributed by atoms with Crippen molar-refractivity contribution in [2.24, 2.45) is 5.73 Å². The van der Waals surface area contributed by atoms with Crippen LogP contribution in [0.3, 0.4) is 0 Å². The first-order chi connectivity index (χ1) is 9.58. The second-order valence-electron chi connectivity index (χ2n) is 5.83. The summed E-state index contributed by atoms with van der Waals surface area (Å²) in [6.07, 6.45) is 2.15. The Kier molecular flexibility index (Phi) is 5.15. The Labute approximate surface area is 121 Å². The van der Waals surface area contributed by atoms with Gasteiger partial charge >= 0.3 is 0 Å². The van der Waals surface area contributed by atoms with Crippen molar-refractivity contribution in [1.29, 1.82) is 0 Å². The van der Waals surface area contributed by atoms with E-state index in [1.54, 1.807) is 0 Å². The molecule has 2 rings (SSSR count). The molecule has 1 aromatic rings. The summed E-state index contributed by atoms with van der Waals surface area (Å²) >= 11 is 0. The summed E-state index contributed by atoms with van der Waals surface area (Å²) in [6, 6.07) is 10.2. The van der Waals surface area contributed by atoms with Crippen LogP contribution in [0.4, 0.5) is 5.69 Å². The van der Waals surface area contributed by atoms with Gasteiger partial charge in [-0.2, -0.15) is 0 Å². The Morgan fingerprint density at radius 2 is 2.10 bits per heavy atom. The molecule has 1 saturated heterocycles. The highest BCUT2D eigenvalue weighted by Gasteiger charge is 2.24. The molecule has 1 amide bonds. The molecule has 0 aliphatic carbocycles. The molecule has 1 aliphatic rings. The van der Waals surface area contributed by atoms with Crippen LogP contribution in [0.5, 0.6) is 0 Å². The number of nitrogens with two attached hydrogens (primary N) is 1. The molecule has 0 saturated carbocycles. The van der Waals surface area contributed by atoms with Crippen LogP contribution in [0.25, 0.3) is 0 Å². The van der Waals surface area contributed by atoms with Crippen LogP contribution in [-0.4, -0.2) is 42.5 Å². The van der Waals surface area contributed by atoms with Crippen molar-refractivity contribution < 1.29 is 4.79 Å². The van der Waals surface area contributed by atoms with E-state index in [0.717, 1.165) is 31.6 Å². The number of para-hydroxylation sites is 1. The zero-order valence-electron chi connectivity index (χ0n) is 12.5. The average molecular weight is 275 g/mol. The lowest BCUT2D eigenvalue weighted by molar-refractivity contribution is -0.120. The van der Waals surface area contributed by atoms with Crippen molar-refractivity contribution in [3.8, 4) is 0 Å². The first-order valence-corrected chi connectivity index (χ1v) is 7.43. The van der Waals surface area contributed by atoms with E-state index in [1.807, 2.05) is 49.1 Å². The fourth-order valence-electron chi connectivity index (χ4n) is 2.82. The van der Waals surface area contributed by atoms with Gasteiger partial charge in [0.05, 0.1) is 6.54 Å². The number of hydrogen-bond donors (Lipinski definition) is 1. The van der Waals surface area contributed by atoms with Gasteiger partial charge in [-0.3, -0.25) is 9.69 Å². The number of anilines is 1. The summed E-state index contributed by atoms with van der Waals surface area (Å²) < 4.78 is 0. The zero-order valence-corrected chi connectivity index (χ0v) is 12.5. The van der Waals surface area contributed by atoms with Gasteiger partial charge in [0.2, 0.25) is 5.91 Å². The second-order valence-corrected chi connectivity index (χ2v) is 5.83. The number of benzene rings is 1. The summed E-state index contributed by atoms with van der Waals surface area (Å²) in [5.74, 6) is 0.153. The van der Waals surface area contributed by atoms with Crippen LogP contribution < -0.4 is 10.6 Å². The van der Waals surface area contributed by atoms with E-state index in [0.29, 0.717) is 6.54 Å². The van der Waals surface area contributed by atoms with Gasteiger partial charge < -0.3 is 10.6 Å². The maximum Gasteiger partial charge on any atom is 0.241 e. The first kappa shape index (κ1) is 15.0. The van der Waals surface area contributed by atoms with Gasteiger partial charge in [-0.25, -0.2) is 0 Å². The minimum absolute atomic E-state index is 0.153. The van der Waals surface area contributed by atoms with Crippen LogP contribution in [0.2, 0.25) is 0 Å². The largest absolute Gasteiger partial charge is 0.327 e. The zero-order chi connectivity index (χ0) is 14.5. The Morgan fingerprint density at radius 1 is 1.40 bits per heavy atom. The van der Waals surface area contributed by atoms with E-state index in [1.165, 1.54) is 0 Å². The SMILES string of the molecule is CC(C)N(C(=O)CN1CCCC(N)C1)c1ccccc1. The maximum absolute atomic E-state index is 12.6. The third kappa shape index (κ3) is 3.81. The minimum atomic E-state index is 0.153. The quantitative estimate of drug-likeness (QED) is 0.912. The molecule has 1 aliphatic heterocycles. The molecular formula is C16H25N3O. The number of nitrogens with zero attached hydrogens (tertiary/aromatic N) is 2. The second kappa shape index (κ2) is 6.86. The maximum atomic E-state index is 12.6. The predicted octanol–water partition coefficient (Wildman–Crippen LogP) is 1.85. The Hall–Kier alpha value is -1.39. The Bertz CT molecular complexity index is 433. The number of carbonyl (C=O) groups is 1. The van der Waals surface area contributed by atoms with Crippen molar-refractivity contribution in [2.75, 3.05) is 24.5 Å². The van der Waals surface area contributed by atoms with E-state index in [4.69, 9.17) is 5.73 Å². The molecule has 2 N–H and O–H groups in total. The van der Waals surface area contributed by atoms with Gasteiger partial charge in [0.25, 0.3) is 0 Å². The molecule has 1 unspecified atom stereocenters. The smallest absolute Gasteiger partial charge is 0.241 e. The molecule has 0 spiro atoms. The highest BCUT2D eigenvalue weighted by atomic mass is 16.2. The van der Waals surface area contributed by atoms with Crippen LogP contribution in [-0.2, 0) is 4.79 Å². The van der Waals surface area contributed by atoms with E-state index in [2.05, 4.69) is 4.90 Å². The highest BCUT2D eigenvalue weighted by molar-refractivity contribution is 5.95. The van der Waals surface area contributed by atoms with E-state index in [-0.39, 0.29) is 18.0 Å². The molecule has 1 atom stereocenters. The lowest BCUT2D eigenvalue weighted by Gasteiger charge is -2.33. The van der Waals surface area contributed by atoms with Gasteiger partial charge in [-0.15, -0.1) is 0 Å². The van der Waals surface area contributed by atoms with Gasteiger partial charge in [-0.05, 0) is 45.4 Å². The molecule has 0 radical (unpaired) electrons. The summed E-state index contributed by atoms with van der Waals surface area (Å²) in [4.78, 5) is 16.7. The molecule has 20 heavy (non-hydrogen) atoms. The Balaban J connectivity index is 2.04. The van der Waals surface area contributed by atoms with Crippen molar-refractivity contribution in [3.05, 3.63) is 30.3 Å². The lowest BCUT2D eigenvalue weighted by Crippen LogP contribution is -2.49. The number of piperidine rings is 1. The van der Waals surface area contributed by atoms with Gasteiger partial charge in [0.15, 0.2) is 0 Å². The highest BCUT2D eigenvalue weighted by Crippen LogP contribution is 2.17. The average Bonchev–Trinajstić information content (AvgIpc) is 2.39. The number of hydrogen-bond acceptors (Lipinski definition) is 3. The van der Waals surface area contributed by atoms with Gasteiger partial charge in [-0.1, -0.05) is 18.2 Å². The monoisotopic (exact) mass is 275 g/mol. The molecule has 0 aromatic heterocycles. The van der Waals surface area contributed by atoms with E-state index >= 15 is 0 Å². The lowest BCUT2D eigenvalue weighted by atomic mass is 10.1.